The van der Waals surface area contributed by atoms with Crippen molar-refractivity contribution in [3.63, 3.8) is 0 Å². The number of benzene rings is 2. The first-order valence-electron chi connectivity index (χ1n) is 9.27. The van der Waals surface area contributed by atoms with Gasteiger partial charge in [-0.25, -0.2) is 0 Å². The Bertz CT molecular complexity index is 918. The SMILES string of the molecule is COCCN(Cc1ccnn1C)C(=O)c1ccc(-c2ccccc2CN)cc1. The number of nitrogens with two attached hydrogens (primary N) is 1. The maximum atomic E-state index is 13.1. The molecule has 6 nitrogen and oxygen atoms in total. The number of nitrogens with zero attached hydrogens (tertiary/aromatic N) is 3. The predicted molar refractivity (Wildman–Crippen MR) is 110 cm³/mol. The third kappa shape index (κ3) is 4.47. The fraction of sp³-hybridized carbons (Fsp3) is 0.273. The highest BCUT2D eigenvalue weighted by atomic mass is 16.5. The number of hydrogen-bond donors (Lipinski definition) is 1. The molecular formula is C22H26N4O2. The van der Waals surface area contributed by atoms with Crippen LogP contribution in [0, 0.1) is 0 Å². The van der Waals surface area contributed by atoms with Crippen molar-refractivity contribution in [3.05, 3.63) is 77.6 Å². The molecule has 0 spiro atoms. The minimum Gasteiger partial charge on any atom is -0.383 e. The van der Waals surface area contributed by atoms with E-state index < -0.39 is 0 Å². The van der Waals surface area contributed by atoms with E-state index in [4.69, 9.17) is 10.5 Å². The van der Waals surface area contributed by atoms with Gasteiger partial charge in [0.1, 0.15) is 0 Å². The molecule has 0 aliphatic heterocycles. The summed E-state index contributed by atoms with van der Waals surface area (Å²) in [5, 5.41) is 4.18. The van der Waals surface area contributed by atoms with E-state index in [9.17, 15) is 4.79 Å². The van der Waals surface area contributed by atoms with Crippen LogP contribution in [-0.4, -0.2) is 40.8 Å². The number of amides is 1. The van der Waals surface area contributed by atoms with Gasteiger partial charge in [0, 0.05) is 39.0 Å². The monoisotopic (exact) mass is 378 g/mol. The van der Waals surface area contributed by atoms with Gasteiger partial charge in [-0.1, -0.05) is 36.4 Å². The van der Waals surface area contributed by atoms with Gasteiger partial charge < -0.3 is 15.4 Å². The Hall–Kier alpha value is -2.96. The molecule has 0 saturated carbocycles. The number of hydrogen-bond acceptors (Lipinski definition) is 4. The van der Waals surface area contributed by atoms with Crippen LogP contribution in [0.3, 0.4) is 0 Å². The first-order chi connectivity index (χ1) is 13.6. The quantitative estimate of drug-likeness (QED) is 0.654. The molecule has 2 N–H and O–H groups in total. The topological polar surface area (TPSA) is 73.4 Å². The number of carbonyl (C=O) groups excluding carboxylic acids is 1. The molecule has 28 heavy (non-hydrogen) atoms. The van der Waals surface area contributed by atoms with Gasteiger partial charge in [-0.05, 0) is 34.9 Å². The van der Waals surface area contributed by atoms with E-state index in [1.165, 1.54) is 0 Å². The smallest absolute Gasteiger partial charge is 0.254 e. The Morgan fingerprint density at radius 3 is 2.54 bits per heavy atom. The third-order valence-electron chi connectivity index (χ3n) is 4.81. The van der Waals surface area contributed by atoms with Gasteiger partial charge in [0.15, 0.2) is 0 Å². The van der Waals surface area contributed by atoms with Crippen LogP contribution in [0.1, 0.15) is 21.6 Å². The van der Waals surface area contributed by atoms with E-state index in [2.05, 4.69) is 5.10 Å². The summed E-state index contributed by atoms with van der Waals surface area (Å²) in [7, 11) is 3.51. The summed E-state index contributed by atoms with van der Waals surface area (Å²) in [5.74, 6) is -0.0306. The number of carbonyl (C=O) groups is 1. The van der Waals surface area contributed by atoms with Gasteiger partial charge in [0.2, 0.25) is 0 Å². The molecule has 1 aromatic heterocycles. The lowest BCUT2D eigenvalue weighted by Crippen LogP contribution is -2.34. The minimum atomic E-state index is -0.0306. The van der Waals surface area contributed by atoms with Crippen LogP contribution in [0.25, 0.3) is 11.1 Å². The zero-order chi connectivity index (χ0) is 19.9. The molecule has 0 aliphatic rings. The molecule has 0 unspecified atom stereocenters. The van der Waals surface area contributed by atoms with Crippen LogP contribution in [0.4, 0.5) is 0 Å². The van der Waals surface area contributed by atoms with Crippen molar-refractivity contribution in [2.75, 3.05) is 20.3 Å². The molecule has 0 bridgehead atoms. The number of rotatable bonds is 8. The Morgan fingerprint density at radius 1 is 1.14 bits per heavy atom. The van der Waals surface area contributed by atoms with Gasteiger partial charge >= 0.3 is 0 Å². The summed E-state index contributed by atoms with van der Waals surface area (Å²) < 4.78 is 6.96. The summed E-state index contributed by atoms with van der Waals surface area (Å²) in [6, 6.07) is 17.6. The zero-order valence-electron chi connectivity index (χ0n) is 16.3. The van der Waals surface area contributed by atoms with E-state index in [0.717, 1.165) is 22.4 Å². The summed E-state index contributed by atoms with van der Waals surface area (Å²) in [6.45, 7) is 1.95. The molecule has 6 heteroatoms. The molecule has 146 valence electrons. The standard InChI is InChI=1S/C22H26N4O2/c1-25-20(11-12-24-25)16-26(13-14-28-2)22(27)18-9-7-17(8-10-18)21-6-4-3-5-19(21)15-23/h3-12H,13-16,23H2,1-2H3. The maximum Gasteiger partial charge on any atom is 0.254 e. The molecule has 0 saturated heterocycles. The lowest BCUT2D eigenvalue weighted by atomic mass is 9.98. The van der Waals surface area contributed by atoms with Crippen molar-refractivity contribution in [1.82, 2.24) is 14.7 Å². The van der Waals surface area contributed by atoms with Crippen molar-refractivity contribution in [3.8, 4) is 11.1 Å². The molecule has 0 aliphatic carbocycles. The van der Waals surface area contributed by atoms with Gasteiger partial charge in [-0.15, -0.1) is 0 Å². The predicted octanol–water partition coefficient (Wildman–Crippen LogP) is 2.83. The van der Waals surface area contributed by atoms with E-state index in [1.54, 1.807) is 22.9 Å². The average molecular weight is 378 g/mol. The van der Waals surface area contributed by atoms with Gasteiger partial charge in [0.25, 0.3) is 5.91 Å². The Balaban J connectivity index is 1.81. The van der Waals surface area contributed by atoms with Crippen LogP contribution in [0.2, 0.25) is 0 Å². The van der Waals surface area contributed by atoms with Crippen LogP contribution in [-0.2, 0) is 24.9 Å². The second-order valence-corrected chi connectivity index (χ2v) is 6.60. The number of aromatic nitrogens is 2. The first-order valence-corrected chi connectivity index (χ1v) is 9.27. The molecule has 0 atom stereocenters. The minimum absolute atomic E-state index is 0.0306. The van der Waals surface area contributed by atoms with Crippen LogP contribution in [0.15, 0.2) is 60.8 Å². The average Bonchev–Trinajstić information content (AvgIpc) is 3.15. The molecule has 3 aromatic rings. The van der Waals surface area contributed by atoms with Crippen LogP contribution in [0.5, 0.6) is 0 Å². The molecule has 3 rings (SSSR count). The van der Waals surface area contributed by atoms with Crippen LogP contribution < -0.4 is 5.73 Å². The van der Waals surface area contributed by atoms with E-state index in [-0.39, 0.29) is 5.91 Å². The van der Waals surface area contributed by atoms with Crippen molar-refractivity contribution >= 4 is 5.91 Å². The fourth-order valence-corrected chi connectivity index (χ4v) is 3.16. The second kappa shape index (κ2) is 9.30. The van der Waals surface area contributed by atoms with Crippen molar-refractivity contribution in [2.45, 2.75) is 13.1 Å². The summed E-state index contributed by atoms with van der Waals surface area (Å²) in [5.41, 5.74) is 10.7. The first kappa shape index (κ1) is 19.8. The molecule has 0 radical (unpaired) electrons. The van der Waals surface area contributed by atoms with Crippen LogP contribution >= 0.6 is 0 Å². The normalized spacial score (nSPS) is 10.8. The van der Waals surface area contributed by atoms with E-state index in [1.807, 2.05) is 61.6 Å². The fourth-order valence-electron chi connectivity index (χ4n) is 3.16. The zero-order valence-corrected chi connectivity index (χ0v) is 16.3. The van der Waals surface area contributed by atoms with Gasteiger partial charge in [0.05, 0.1) is 18.8 Å². The number of methoxy groups -OCH3 is 1. The third-order valence-corrected chi connectivity index (χ3v) is 4.81. The number of ether oxygens (including phenoxy) is 1. The summed E-state index contributed by atoms with van der Waals surface area (Å²) >= 11 is 0. The second-order valence-electron chi connectivity index (χ2n) is 6.60. The van der Waals surface area contributed by atoms with Gasteiger partial charge in [-0.3, -0.25) is 9.48 Å². The lowest BCUT2D eigenvalue weighted by Gasteiger charge is -2.22. The Morgan fingerprint density at radius 2 is 1.89 bits per heavy atom. The number of aryl methyl sites for hydroxylation is 1. The summed E-state index contributed by atoms with van der Waals surface area (Å²) in [6.07, 6.45) is 1.73. The highest BCUT2D eigenvalue weighted by Crippen LogP contribution is 2.24. The molecule has 1 amide bonds. The highest BCUT2D eigenvalue weighted by molar-refractivity contribution is 5.94. The van der Waals surface area contributed by atoms with Gasteiger partial charge in [-0.2, -0.15) is 5.10 Å². The Labute approximate surface area is 165 Å². The van der Waals surface area contributed by atoms with Crippen molar-refractivity contribution in [2.24, 2.45) is 12.8 Å². The molecule has 1 heterocycles. The summed E-state index contributed by atoms with van der Waals surface area (Å²) in [4.78, 5) is 14.9. The van der Waals surface area contributed by atoms with E-state index >= 15 is 0 Å². The Kier molecular flexibility index (Phi) is 6.57. The van der Waals surface area contributed by atoms with E-state index in [0.29, 0.717) is 31.8 Å². The highest BCUT2D eigenvalue weighted by Gasteiger charge is 2.17. The molecule has 0 fully saturated rings. The molecule has 2 aromatic carbocycles. The lowest BCUT2D eigenvalue weighted by molar-refractivity contribution is 0.0676. The molecular weight excluding hydrogens is 352 g/mol. The maximum absolute atomic E-state index is 13.1. The van der Waals surface area contributed by atoms with Crippen molar-refractivity contribution < 1.29 is 9.53 Å². The van der Waals surface area contributed by atoms with Crippen molar-refractivity contribution in [1.29, 1.82) is 0 Å². The largest absolute Gasteiger partial charge is 0.383 e.